The number of aliphatic imine (C=N–C) groups is 1. The van der Waals surface area contributed by atoms with Crippen molar-refractivity contribution in [3.63, 3.8) is 0 Å². The van der Waals surface area contributed by atoms with Gasteiger partial charge in [-0.3, -0.25) is 0 Å². The molecule has 1 aliphatic heterocycles. The largest absolute Gasteiger partial charge is 0.303 e. The molecule has 0 aromatic heterocycles. The number of allylic oxidation sites excluding steroid dienone is 1. The van der Waals surface area contributed by atoms with Crippen LogP contribution in [0.4, 0.5) is 0 Å². The second kappa shape index (κ2) is 5.74. The molecule has 0 aliphatic carbocycles. The van der Waals surface area contributed by atoms with E-state index in [9.17, 15) is 4.79 Å². The summed E-state index contributed by atoms with van der Waals surface area (Å²) in [5.74, 6) is 0.619. The first kappa shape index (κ1) is 11.2. The van der Waals surface area contributed by atoms with E-state index in [0.717, 1.165) is 19.5 Å². The van der Waals surface area contributed by atoms with Crippen LogP contribution in [0.15, 0.2) is 17.3 Å². The lowest BCUT2D eigenvalue weighted by Crippen LogP contribution is -2.35. The third-order valence-corrected chi connectivity index (χ3v) is 2.78. The maximum absolute atomic E-state index is 10.0. The molecule has 1 rings (SSSR count). The van der Waals surface area contributed by atoms with Gasteiger partial charge in [-0.25, -0.2) is 4.79 Å². The molecule has 1 fully saturated rings. The summed E-state index contributed by atoms with van der Waals surface area (Å²) in [5.41, 5.74) is 0.669. The van der Waals surface area contributed by atoms with Crippen LogP contribution in [0.25, 0.3) is 0 Å². The fourth-order valence-electron chi connectivity index (χ4n) is 2.05. The molecule has 0 radical (unpaired) electrons. The summed E-state index contributed by atoms with van der Waals surface area (Å²) in [6.45, 7) is 9.35. The smallest absolute Gasteiger partial charge is 0.240 e. The Morgan fingerprint density at radius 3 is 3.14 bits per heavy atom. The summed E-state index contributed by atoms with van der Waals surface area (Å²) >= 11 is 0. The van der Waals surface area contributed by atoms with Gasteiger partial charge in [0, 0.05) is 12.2 Å². The van der Waals surface area contributed by atoms with E-state index in [4.69, 9.17) is 0 Å². The predicted octanol–water partition coefficient (Wildman–Crippen LogP) is 1.96. The Balaban J connectivity index is 2.37. The summed E-state index contributed by atoms with van der Waals surface area (Å²) in [7, 11) is 0. The number of isocyanates is 1. The van der Waals surface area contributed by atoms with Gasteiger partial charge in [-0.05, 0) is 38.3 Å². The number of piperidine rings is 1. The van der Waals surface area contributed by atoms with Crippen molar-refractivity contribution in [1.82, 2.24) is 4.90 Å². The molecule has 14 heavy (non-hydrogen) atoms. The molecule has 0 aromatic rings. The van der Waals surface area contributed by atoms with Crippen molar-refractivity contribution in [1.29, 1.82) is 0 Å². The topological polar surface area (TPSA) is 32.7 Å². The van der Waals surface area contributed by atoms with Crippen molar-refractivity contribution in [3.8, 4) is 0 Å². The Morgan fingerprint density at radius 1 is 1.71 bits per heavy atom. The monoisotopic (exact) mass is 194 g/mol. The van der Waals surface area contributed by atoms with Gasteiger partial charge in [0.15, 0.2) is 0 Å². The van der Waals surface area contributed by atoms with Gasteiger partial charge in [0.25, 0.3) is 0 Å². The molecule has 1 aliphatic rings. The van der Waals surface area contributed by atoms with Crippen LogP contribution in [0.3, 0.4) is 0 Å². The van der Waals surface area contributed by atoms with Gasteiger partial charge in [-0.1, -0.05) is 13.5 Å². The second-order valence-electron chi connectivity index (χ2n) is 3.87. The van der Waals surface area contributed by atoms with Crippen molar-refractivity contribution in [3.05, 3.63) is 12.3 Å². The molecule has 1 saturated heterocycles. The van der Waals surface area contributed by atoms with E-state index in [1.165, 1.54) is 19.4 Å². The number of hydrogen-bond acceptors (Lipinski definition) is 3. The molecule has 1 heterocycles. The zero-order valence-corrected chi connectivity index (χ0v) is 8.83. The van der Waals surface area contributed by atoms with Gasteiger partial charge in [0.05, 0.1) is 0 Å². The normalized spacial score (nSPS) is 22.8. The minimum Gasteiger partial charge on any atom is -0.303 e. The Morgan fingerprint density at radius 2 is 2.50 bits per heavy atom. The Kier molecular flexibility index (Phi) is 4.57. The first-order valence-corrected chi connectivity index (χ1v) is 5.24. The van der Waals surface area contributed by atoms with Crippen LogP contribution >= 0.6 is 0 Å². The molecular formula is C11H18N2O. The maximum Gasteiger partial charge on any atom is 0.240 e. The molecule has 1 unspecified atom stereocenters. The molecule has 0 saturated carbocycles. The molecule has 0 N–H and O–H groups in total. The number of likely N-dealkylation sites (tertiary alicyclic amines) is 1. The van der Waals surface area contributed by atoms with E-state index < -0.39 is 0 Å². The summed E-state index contributed by atoms with van der Waals surface area (Å²) in [6, 6.07) is 0. The van der Waals surface area contributed by atoms with Crippen LogP contribution in [0.1, 0.15) is 26.2 Å². The van der Waals surface area contributed by atoms with Crippen molar-refractivity contribution in [2.45, 2.75) is 26.2 Å². The van der Waals surface area contributed by atoms with E-state index in [0.29, 0.717) is 11.6 Å². The first-order valence-electron chi connectivity index (χ1n) is 5.24. The average Bonchev–Trinajstić information content (AvgIpc) is 2.18. The van der Waals surface area contributed by atoms with E-state index in [-0.39, 0.29) is 0 Å². The zero-order chi connectivity index (χ0) is 10.4. The van der Waals surface area contributed by atoms with Gasteiger partial charge in [-0.15, -0.1) is 0 Å². The van der Waals surface area contributed by atoms with Crippen molar-refractivity contribution in [2.75, 3.05) is 19.6 Å². The van der Waals surface area contributed by atoms with Gasteiger partial charge < -0.3 is 4.90 Å². The first-order chi connectivity index (χ1) is 6.76. The van der Waals surface area contributed by atoms with E-state index in [1.54, 1.807) is 6.08 Å². The molecule has 3 nitrogen and oxygen atoms in total. The highest BCUT2D eigenvalue weighted by Crippen LogP contribution is 2.22. The lowest BCUT2D eigenvalue weighted by Gasteiger charge is -2.31. The lowest BCUT2D eigenvalue weighted by atomic mass is 9.94. The van der Waals surface area contributed by atoms with E-state index in [2.05, 4.69) is 23.4 Å². The second-order valence-corrected chi connectivity index (χ2v) is 3.87. The SMILES string of the molecule is C=C(CC1CCCN(CC)C1)N=C=O. The van der Waals surface area contributed by atoms with Crippen LogP contribution in [0, 0.1) is 5.92 Å². The van der Waals surface area contributed by atoms with Crippen LogP contribution < -0.4 is 0 Å². The van der Waals surface area contributed by atoms with Gasteiger partial charge in [-0.2, -0.15) is 4.99 Å². The summed E-state index contributed by atoms with van der Waals surface area (Å²) < 4.78 is 0. The Labute approximate surface area is 85.5 Å². The maximum atomic E-state index is 10.0. The minimum absolute atomic E-state index is 0.619. The lowest BCUT2D eigenvalue weighted by molar-refractivity contribution is 0.182. The van der Waals surface area contributed by atoms with Gasteiger partial charge >= 0.3 is 0 Å². The van der Waals surface area contributed by atoms with E-state index in [1.807, 2.05) is 0 Å². The molecule has 0 aromatic carbocycles. The van der Waals surface area contributed by atoms with Crippen LogP contribution in [-0.4, -0.2) is 30.6 Å². The molecule has 0 spiro atoms. The Bertz CT molecular complexity index is 244. The third-order valence-electron chi connectivity index (χ3n) is 2.78. The van der Waals surface area contributed by atoms with Gasteiger partial charge in [0.1, 0.15) is 0 Å². The van der Waals surface area contributed by atoms with Gasteiger partial charge in [0.2, 0.25) is 6.08 Å². The number of carbonyl (C=O) groups excluding carboxylic acids is 1. The molecular weight excluding hydrogens is 176 g/mol. The zero-order valence-electron chi connectivity index (χ0n) is 8.83. The molecule has 78 valence electrons. The van der Waals surface area contributed by atoms with Crippen molar-refractivity contribution in [2.24, 2.45) is 10.9 Å². The number of rotatable bonds is 4. The molecule has 0 amide bonds. The fraction of sp³-hybridized carbons (Fsp3) is 0.727. The summed E-state index contributed by atoms with van der Waals surface area (Å²) in [6.07, 6.45) is 4.86. The van der Waals surface area contributed by atoms with Crippen molar-refractivity contribution >= 4 is 6.08 Å². The van der Waals surface area contributed by atoms with Crippen LogP contribution in [-0.2, 0) is 4.79 Å². The average molecular weight is 194 g/mol. The highest BCUT2D eigenvalue weighted by molar-refractivity contribution is 5.36. The molecule has 3 heteroatoms. The predicted molar refractivity (Wildman–Crippen MR) is 56.7 cm³/mol. The van der Waals surface area contributed by atoms with Crippen LogP contribution in [0.5, 0.6) is 0 Å². The Hall–Kier alpha value is -0.920. The fourth-order valence-corrected chi connectivity index (χ4v) is 2.05. The number of hydrogen-bond donors (Lipinski definition) is 0. The highest BCUT2D eigenvalue weighted by atomic mass is 16.1. The van der Waals surface area contributed by atoms with Crippen molar-refractivity contribution < 1.29 is 4.79 Å². The summed E-state index contributed by atoms with van der Waals surface area (Å²) in [5, 5.41) is 0. The van der Waals surface area contributed by atoms with Crippen LogP contribution in [0.2, 0.25) is 0 Å². The highest BCUT2D eigenvalue weighted by Gasteiger charge is 2.18. The molecule has 1 atom stereocenters. The third kappa shape index (κ3) is 3.44. The summed E-state index contributed by atoms with van der Waals surface area (Å²) in [4.78, 5) is 16.0. The standard InChI is InChI=1S/C11H18N2O/c1-3-13-6-4-5-11(8-13)7-10(2)12-9-14/h11H,2-8H2,1H3. The van der Waals surface area contributed by atoms with E-state index >= 15 is 0 Å². The molecule has 0 bridgehead atoms. The quantitative estimate of drug-likeness (QED) is 0.506. The minimum atomic E-state index is 0.619. The number of nitrogens with zero attached hydrogens (tertiary/aromatic N) is 2.